The van der Waals surface area contributed by atoms with Gasteiger partial charge in [-0.25, -0.2) is 4.39 Å². The van der Waals surface area contributed by atoms with E-state index in [1.165, 1.54) is 23.0 Å². The number of carbonyl (C=O) groups is 2. The highest BCUT2D eigenvalue weighted by atomic mass is 19.1. The summed E-state index contributed by atoms with van der Waals surface area (Å²) in [5, 5.41) is 15.3. The number of benzene rings is 3. The summed E-state index contributed by atoms with van der Waals surface area (Å²) < 4.78 is 13.5. The van der Waals surface area contributed by atoms with Crippen molar-refractivity contribution >= 4 is 23.2 Å². The Hall–Kier alpha value is -4.40. The van der Waals surface area contributed by atoms with Crippen LogP contribution in [0.25, 0.3) is 11.4 Å². The molecule has 0 aliphatic carbocycles. The Morgan fingerprint density at radius 3 is 2.71 bits per heavy atom. The van der Waals surface area contributed by atoms with Gasteiger partial charge in [-0.15, -0.1) is 10.2 Å². The van der Waals surface area contributed by atoms with Crippen LogP contribution in [0.3, 0.4) is 0 Å². The third-order valence-electron chi connectivity index (χ3n) is 5.64. The molecule has 0 fully saturated rings. The number of para-hydroxylation sites is 2. The highest BCUT2D eigenvalue weighted by Gasteiger charge is 2.23. The molecule has 170 valence electrons. The van der Waals surface area contributed by atoms with E-state index in [1.807, 2.05) is 24.3 Å². The van der Waals surface area contributed by atoms with Crippen molar-refractivity contribution in [1.29, 1.82) is 0 Å². The van der Waals surface area contributed by atoms with E-state index in [0.717, 1.165) is 30.2 Å². The number of anilines is 2. The van der Waals surface area contributed by atoms with Crippen molar-refractivity contribution in [3.63, 3.8) is 0 Å². The summed E-state index contributed by atoms with van der Waals surface area (Å²) in [5.41, 5.74) is 3.25. The van der Waals surface area contributed by atoms with Crippen molar-refractivity contribution < 1.29 is 14.0 Å². The maximum atomic E-state index is 13.5. The van der Waals surface area contributed by atoms with Gasteiger partial charge in [-0.05, 0) is 60.0 Å². The number of rotatable bonds is 5. The van der Waals surface area contributed by atoms with E-state index in [-0.39, 0.29) is 23.8 Å². The molecule has 0 saturated carbocycles. The Balaban J connectivity index is 1.34. The highest BCUT2D eigenvalue weighted by molar-refractivity contribution is 6.06. The number of aromatic nitrogens is 4. The Morgan fingerprint density at radius 2 is 1.82 bits per heavy atom. The Kier molecular flexibility index (Phi) is 5.82. The standard InChI is InChI=1S/C25H21FN6O2/c26-19-10-5-8-18(15-19)25(34)27-21-12-3-2-11-20(21)24-28-30-32(29-24)16-23(33)31-14-6-9-17-7-1-4-13-22(17)31/h1-5,7-8,10-13,15H,6,9,14,16H2,(H,27,34). The second-order valence-electron chi connectivity index (χ2n) is 7.93. The van der Waals surface area contributed by atoms with E-state index in [2.05, 4.69) is 20.7 Å². The smallest absolute Gasteiger partial charge is 0.255 e. The Labute approximate surface area is 195 Å². The van der Waals surface area contributed by atoms with Gasteiger partial charge in [0.25, 0.3) is 11.8 Å². The van der Waals surface area contributed by atoms with Gasteiger partial charge in [0.15, 0.2) is 0 Å². The number of fused-ring (bicyclic) bond motifs is 1. The molecule has 0 spiro atoms. The van der Waals surface area contributed by atoms with E-state index in [9.17, 15) is 14.0 Å². The van der Waals surface area contributed by atoms with E-state index in [0.29, 0.717) is 17.8 Å². The van der Waals surface area contributed by atoms with Crippen LogP contribution in [0.4, 0.5) is 15.8 Å². The molecule has 1 N–H and O–H groups in total. The summed E-state index contributed by atoms with van der Waals surface area (Å²) in [5.74, 6) is -0.810. The zero-order valence-corrected chi connectivity index (χ0v) is 18.2. The van der Waals surface area contributed by atoms with Crippen LogP contribution in [0.5, 0.6) is 0 Å². The molecule has 0 unspecified atom stereocenters. The van der Waals surface area contributed by atoms with Gasteiger partial charge in [-0.2, -0.15) is 4.80 Å². The third-order valence-corrected chi connectivity index (χ3v) is 5.64. The SMILES string of the molecule is O=C(Nc1ccccc1-c1nnn(CC(=O)N2CCCc3ccccc32)n1)c1cccc(F)c1. The first-order chi connectivity index (χ1) is 16.6. The molecule has 2 amide bonds. The summed E-state index contributed by atoms with van der Waals surface area (Å²) in [4.78, 5) is 28.6. The molecule has 0 radical (unpaired) electrons. The average molecular weight is 456 g/mol. The average Bonchev–Trinajstić information content (AvgIpc) is 3.32. The zero-order chi connectivity index (χ0) is 23.5. The number of tetrazole rings is 1. The Bertz CT molecular complexity index is 1370. The zero-order valence-electron chi connectivity index (χ0n) is 18.2. The first kappa shape index (κ1) is 21.4. The predicted molar refractivity (Wildman–Crippen MR) is 125 cm³/mol. The van der Waals surface area contributed by atoms with Gasteiger partial charge in [0.1, 0.15) is 12.4 Å². The molecule has 1 aliphatic heterocycles. The topological polar surface area (TPSA) is 93.0 Å². The molecule has 8 nitrogen and oxygen atoms in total. The van der Waals surface area contributed by atoms with Crippen LogP contribution in [0, 0.1) is 5.82 Å². The van der Waals surface area contributed by atoms with E-state index in [1.54, 1.807) is 29.2 Å². The van der Waals surface area contributed by atoms with Crippen LogP contribution >= 0.6 is 0 Å². The second kappa shape index (κ2) is 9.22. The summed E-state index contributed by atoms with van der Waals surface area (Å²) in [7, 11) is 0. The number of halogens is 1. The lowest BCUT2D eigenvalue weighted by molar-refractivity contribution is -0.119. The molecule has 4 aromatic rings. The molecule has 9 heteroatoms. The van der Waals surface area contributed by atoms with Crippen LogP contribution in [0.1, 0.15) is 22.3 Å². The van der Waals surface area contributed by atoms with Gasteiger partial charge < -0.3 is 10.2 Å². The third kappa shape index (κ3) is 4.40. The van der Waals surface area contributed by atoms with Crippen molar-refractivity contribution in [2.45, 2.75) is 19.4 Å². The predicted octanol–water partition coefficient (Wildman–Crippen LogP) is 3.71. The monoisotopic (exact) mass is 456 g/mol. The maximum absolute atomic E-state index is 13.5. The molecule has 0 saturated heterocycles. The van der Waals surface area contributed by atoms with E-state index in [4.69, 9.17) is 0 Å². The fourth-order valence-corrected chi connectivity index (χ4v) is 4.03. The van der Waals surface area contributed by atoms with Crippen LogP contribution in [0.2, 0.25) is 0 Å². The molecular weight excluding hydrogens is 435 g/mol. The number of amides is 2. The quantitative estimate of drug-likeness (QED) is 0.494. The van der Waals surface area contributed by atoms with Gasteiger partial charge in [-0.1, -0.05) is 36.4 Å². The van der Waals surface area contributed by atoms with E-state index >= 15 is 0 Å². The van der Waals surface area contributed by atoms with Gasteiger partial charge in [-0.3, -0.25) is 9.59 Å². The largest absolute Gasteiger partial charge is 0.321 e. The van der Waals surface area contributed by atoms with Crippen LogP contribution in [0.15, 0.2) is 72.8 Å². The fourth-order valence-electron chi connectivity index (χ4n) is 4.03. The lowest BCUT2D eigenvalue weighted by Gasteiger charge is -2.29. The number of aryl methyl sites for hydroxylation is 1. The molecule has 34 heavy (non-hydrogen) atoms. The summed E-state index contributed by atoms with van der Waals surface area (Å²) in [6, 6.07) is 20.3. The Morgan fingerprint density at radius 1 is 1.00 bits per heavy atom. The van der Waals surface area contributed by atoms with Gasteiger partial charge in [0.05, 0.1) is 5.69 Å². The van der Waals surface area contributed by atoms with Crippen molar-refractivity contribution in [3.8, 4) is 11.4 Å². The van der Waals surface area contributed by atoms with Crippen LogP contribution in [-0.4, -0.2) is 38.6 Å². The fraction of sp³-hybridized carbons (Fsp3) is 0.160. The summed E-state index contributed by atoms with van der Waals surface area (Å²) >= 11 is 0. The van der Waals surface area contributed by atoms with Crippen LogP contribution in [-0.2, 0) is 17.8 Å². The molecule has 2 heterocycles. The minimum Gasteiger partial charge on any atom is -0.321 e. The molecule has 3 aromatic carbocycles. The van der Waals surface area contributed by atoms with Gasteiger partial charge in [0.2, 0.25) is 5.82 Å². The van der Waals surface area contributed by atoms with Gasteiger partial charge in [0, 0.05) is 23.4 Å². The van der Waals surface area contributed by atoms with Crippen molar-refractivity contribution in [2.75, 3.05) is 16.8 Å². The molecule has 1 aromatic heterocycles. The number of carbonyl (C=O) groups excluding carboxylic acids is 2. The van der Waals surface area contributed by atoms with Crippen molar-refractivity contribution in [1.82, 2.24) is 20.2 Å². The minimum atomic E-state index is -0.494. The number of hydrogen-bond acceptors (Lipinski definition) is 5. The second-order valence-corrected chi connectivity index (χ2v) is 7.93. The lowest BCUT2D eigenvalue weighted by atomic mass is 10.0. The molecule has 0 atom stereocenters. The van der Waals surface area contributed by atoms with Crippen molar-refractivity contribution in [2.24, 2.45) is 0 Å². The van der Waals surface area contributed by atoms with Crippen LogP contribution < -0.4 is 10.2 Å². The first-order valence-electron chi connectivity index (χ1n) is 10.9. The summed E-state index contributed by atoms with van der Waals surface area (Å²) in [6.07, 6.45) is 1.85. The normalized spacial score (nSPS) is 12.8. The highest BCUT2D eigenvalue weighted by Crippen LogP contribution is 2.27. The minimum absolute atomic E-state index is 0.0564. The molecule has 5 rings (SSSR count). The summed E-state index contributed by atoms with van der Waals surface area (Å²) in [6.45, 7) is 0.589. The first-order valence-corrected chi connectivity index (χ1v) is 10.9. The maximum Gasteiger partial charge on any atom is 0.255 e. The van der Waals surface area contributed by atoms with E-state index < -0.39 is 11.7 Å². The van der Waals surface area contributed by atoms with Crippen molar-refractivity contribution in [3.05, 3.63) is 89.7 Å². The molecule has 1 aliphatic rings. The number of nitrogens with zero attached hydrogens (tertiary/aromatic N) is 5. The number of nitrogens with one attached hydrogen (secondary N) is 1. The molecular formula is C25H21FN6O2. The molecule has 0 bridgehead atoms. The number of hydrogen-bond donors (Lipinski definition) is 1. The van der Waals surface area contributed by atoms with Gasteiger partial charge >= 0.3 is 0 Å². The lowest BCUT2D eigenvalue weighted by Crippen LogP contribution is -2.38.